The molecule has 0 bridgehead atoms. The highest BCUT2D eigenvalue weighted by atomic mass is 32.2. The summed E-state index contributed by atoms with van der Waals surface area (Å²) in [7, 11) is -4.53. The normalized spacial score (nSPS) is 28.9. The number of sulfonamides is 1. The topological polar surface area (TPSA) is 71.3 Å². The zero-order valence-corrected chi connectivity index (χ0v) is 20.8. The van der Waals surface area contributed by atoms with Crippen LogP contribution in [0.15, 0.2) is 55.1 Å². The summed E-state index contributed by atoms with van der Waals surface area (Å²) in [4.78, 5) is 1.71. The second kappa shape index (κ2) is 9.01. The van der Waals surface area contributed by atoms with Crippen molar-refractivity contribution in [3.63, 3.8) is 0 Å². The SMILES string of the molecule is O=S1(=O)[C@H](c2ccccc2)CCC(C(F)(F)F)N1Cc1cc(F)c(N2C[C@@H]3C(n4cnnc4)[C@@H]3C2)cc1F. The Labute approximate surface area is 215 Å². The molecule has 0 amide bonds. The Balaban J connectivity index is 1.25. The van der Waals surface area contributed by atoms with Gasteiger partial charge >= 0.3 is 6.18 Å². The maximum absolute atomic E-state index is 15.2. The van der Waals surface area contributed by atoms with E-state index in [1.165, 1.54) is 12.1 Å². The molecule has 3 heterocycles. The van der Waals surface area contributed by atoms with Crippen LogP contribution in [0, 0.1) is 23.5 Å². The van der Waals surface area contributed by atoms with Crippen molar-refractivity contribution in [1.82, 2.24) is 19.1 Å². The van der Waals surface area contributed by atoms with Gasteiger partial charge in [0.15, 0.2) is 0 Å². The lowest BCUT2D eigenvalue weighted by Gasteiger charge is -2.40. The van der Waals surface area contributed by atoms with Crippen LogP contribution >= 0.6 is 0 Å². The molecular formula is C25H24F5N5O2S. The van der Waals surface area contributed by atoms with E-state index < -0.39 is 57.7 Å². The summed E-state index contributed by atoms with van der Waals surface area (Å²) in [5, 5.41) is 6.39. The van der Waals surface area contributed by atoms with Crippen LogP contribution in [0.3, 0.4) is 0 Å². The number of aromatic nitrogens is 3. The minimum absolute atomic E-state index is 0.0111. The minimum Gasteiger partial charge on any atom is -0.368 e. The highest BCUT2D eigenvalue weighted by Crippen LogP contribution is 2.56. The molecule has 0 radical (unpaired) electrons. The maximum Gasteiger partial charge on any atom is 0.405 e. The molecule has 5 atom stereocenters. The van der Waals surface area contributed by atoms with E-state index in [0.717, 1.165) is 12.1 Å². The van der Waals surface area contributed by atoms with E-state index in [4.69, 9.17) is 0 Å². The van der Waals surface area contributed by atoms with Gasteiger partial charge in [0, 0.05) is 49.1 Å². The van der Waals surface area contributed by atoms with Gasteiger partial charge in [0.25, 0.3) is 0 Å². The first-order valence-corrected chi connectivity index (χ1v) is 13.8. The highest BCUT2D eigenvalue weighted by Gasteiger charge is 2.57. The smallest absolute Gasteiger partial charge is 0.368 e. The number of piperidine rings is 1. The lowest BCUT2D eigenvalue weighted by atomic mass is 10.0. The first-order chi connectivity index (χ1) is 18.1. The van der Waals surface area contributed by atoms with Crippen molar-refractivity contribution in [3.05, 3.63) is 77.9 Å². The van der Waals surface area contributed by atoms with Crippen LogP contribution in [-0.4, -0.2) is 52.8 Å². The van der Waals surface area contributed by atoms with Crippen LogP contribution in [-0.2, 0) is 16.6 Å². The second-order valence-corrected chi connectivity index (χ2v) is 12.2. The van der Waals surface area contributed by atoms with Gasteiger partial charge in [-0.2, -0.15) is 17.5 Å². The lowest BCUT2D eigenvalue weighted by molar-refractivity contribution is -0.176. The van der Waals surface area contributed by atoms with E-state index in [1.54, 1.807) is 35.8 Å². The predicted molar refractivity (Wildman–Crippen MR) is 127 cm³/mol. The molecule has 38 heavy (non-hydrogen) atoms. The fourth-order valence-electron chi connectivity index (χ4n) is 6.08. The Hall–Kier alpha value is -3.06. The van der Waals surface area contributed by atoms with Gasteiger partial charge in [-0.1, -0.05) is 30.3 Å². The van der Waals surface area contributed by atoms with Crippen molar-refractivity contribution in [3.8, 4) is 0 Å². The van der Waals surface area contributed by atoms with Crippen LogP contribution in [0.25, 0.3) is 0 Å². The van der Waals surface area contributed by atoms with Gasteiger partial charge in [-0.15, -0.1) is 10.2 Å². The Kier molecular flexibility index (Phi) is 5.98. The van der Waals surface area contributed by atoms with Gasteiger partial charge in [0.2, 0.25) is 10.0 Å². The fourth-order valence-corrected chi connectivity index (χ4v) is 8.24. The van der Waals surface area contributed by atoms with Gasteiger partial charge in [-0.05, 0) is 24.5 Å². The number of benzene rings is 2. The average molecular weight is 554 g/mol. The molecule has 6 rings (SSSR count). The van der Waals surface area contributed by atoms with Crippen LogP contribution in [0.4, 0.5) is 27.6 Å². The Morgan fingerprint density at radius 3 is 2.21 bits per heavy atom. The van der Waals surface area contributed by atoms with Crippen LogP contribution < -0.4 is 4.90 Å². The first-order valence-electron chi connectivity index (χ1n) is 12.2. The first kappa shape index (κ1) is 25.2. The number of hydrogen-bond acceptors (Lipinski definition) is 5. The third-order valence-corrected chi connectivity index (χ3v) is 10.3. The largest absolute Gasteiger partial charge is 0.405 e. The lowest BCUT2D eigenvalue weighted by Crippen LogP contribution is -2.52. The quantitative estimate of drug-likeness (QED) is 0.437. The second-order valence-electron chi connectivity index (χ2n) is 10.2. The standard InChI is InChI=1S/C25H24F5N5O2S/c26-19-9-21(33-11-17-18(12-33)24(17)34-13-31-32-14-34)20(27)8-16(19)10-35-23(25(28,29)30)7-6-22(38(35,36)37)15-4-2-1-3-5-15/h1-5,8-9,13-14,17-18,22-24H,6-7,10-12H2/t17-,18+,22-,23?,24?/m0/s1. The number of halogens is 5. The van der Waals surface area contributed by atoms with E-state index in [2.05, 4.69) is 10.2 Å². The van der Waals surface area contributed by atoms with Gasteiger partial charge in [0.05, 0.1) is 5.69 Å². The van der Waals surface area contributed by atoms with Gasteiger partial charge in [-0.25, -0.2) is 17.2 Å². The Morgan fingerprint density at radius 1 is 0.921 bits per heavy atom. The molecule has 2 aliphatic heterocycles. The van der Waals surface area contributed by atoms with E-state index in [1.807, 2.05) is 4.57 Å². The highest BCUT2D eigenvalue weighted by molar-refractivity contribution is 7.89. The molecule has 2 unspecified atom stereocenters. The van der Waals surface area contributed by atoms with Crippen molar-refractivity contribution >= 4 is 15.7 Å². The predicted octanol–water partition coefficient (Wildman–Crippen LogP) is 4.46. The number of fused-ring (bicyclic) bond motifs is 1. The molecule has 13 heteroatoms. The molecule has 1 aromatic heterocycles. The Morgan fingerprint density at radius 2 is 1.58 bits per heavy atom. The summed E-state index contributed by atoms with van der Waals surface area (Å²) >= 11 is 0. The van der Waals surface area contributed by atoms with Crippen LogP contribution in [0.5, 0.6) is 0 Å². The molecule has 7 nitrogen and oxygen atoms in total. The number of anilines is 1. The zero-order chi connectivity index (χ0) is 26.8. The van der Waals surface area contributed by atoms with E-state index >= 15 is 8.78 Å². The van der Waals surface area contributed by atoms with Crippen molar-refractivity contribution in [2.24, 2.45) is 11.8 Å². The maximum atomic E-state index is 15.2. The monoisotopic (exact) mass is 553 g/mol. The van der Waals surface area contributed by atoms with Crippen molar-refractivity contribution in [2.45, 2.75) is 42.9 Å². The minimum atomic E-state index is -4.86. The van der Waals surface area contributed by atoms with Gasteiger partial charge in [0.1, 0.15) is 35.6 Å². The van der Waals surface area contributed by atoms with Gasteiger partial charge in [-0.3, -0.25) is 0 Å². The molecule has 202 valence electrons. The summed E-state index contributed by atoms with van der Waals surface area (Å²) in [6.45, 7) is 0.0527. The number of hydrogen-bond donors (Lipinski definition) is 0. The van der Waals surface area contributed by atoms with Crippen molar-refractivity contribution < 1.29 is 30.4 Å². The number of rotatable bonds is 5. The summed E-state index contributed by atoms with van der Waals surface area (Å²) in [6, 6.07) is 7.62. The van der Waals surface area contributed by atoms with E-state index in [9.17, 15) is 21.6 Å². The van der Waals surface area contributed by atoms with Crippen LogP contribution in [0.1, 0.15) is 35.3 Å². The van der Waals surface area contributed by atoms with Crippen LogP contribution in [0.2, 0.25) is 0 Å². The van der Waals surface area contributed by atoms with E-state index in [-0.39, 0.29) is 30.0 Å². The number of alkyl halides is 3. The molecular weight excluding hydrogens is 529 g/mol. The van der Waals surface area contributed by atoms with E-state index in [0.29, 0.717) is 23.0 Å². The summed E-state index contributed by atoms with van der Waals surface area (Å²) in [5.41, 5.74) is -0.0704. The van der Waals surface area contributed by atoms with Crippen molar-refractivity contribution in [1.29, 1.82) is 0 Å². The third kappa shape index (κ3) is 4.25. The summed E-state index contributed by atoms with van der Waals surface area (Å²) in [6.07, 6.45) is -2.33. The molecule has 2 aromatic carbocycles. The fraction of sp³-hybridized carbons (Fsp3) is 0.440. The zero-order valence-electron chi connectivity index (χ0n) is 20.0. The van der Waals surface area contributed by atoms with Crippen molar-refractivity contribution in [2.75, 3.05) is 18.0 Å². The Bertz CT molecular complexity index is 1420. The molecule has 0 N–H and O–H groups in total. The molecule has 0 spiro atoms. The third-order valence-electron chi connectivity index (χ3n) is 8.00. The summed E-state index contributed by atoms with van der Waals surface area (Å²) < 4.78 is 101. The summed E-state index contributed by atoms with van der Waals surface area (Å²) in [5.74, 6) is -1.29. The molecule has 2 saturated heterocycles. The molecule has 1 aliphatic carbocycles. The molecule has 3 aliphatic rings. The molecule has 3 fully saturated rings. The number of nitrogens with zero attached hydrogens (tertiary/aromatic N) is 5. The molecule has 1 saturated carbocycles. The van der Waals surface area contributed by atoms with Gasteiger partial charge < -0.3 is 9.47 Å². The average Bonchev–Trinajstić information content (AvgIpc) is 3.23. The molecule has 3 aromatic rings.